The second-order valence-electron chi connectivity index (χ2n) is 11.2. The average Bonchev–Trinajstić information content (AvgIpc) is 3.14. The molecule has 0 amide bonds. The molecule has 0 atom stereocenters. The van der Waals surface area contributed by atoms with Crippen LogP contribution in [-0.2, 0) is 0 Å². The Kier molecular flexibility index (Phi) is 6.03. The monoisotopic (exact) mass is 588 g/mol. The van der Waals surface area contributed by atoms with Crippen molar-refractivity contribution in [2.24, 2.45) is 0 Å². The van der Waals surface area contributed by atoms with Crippen LogP contribution in [-0.4, -0.2) is 29.9 Å². The first-order valence-electron chi connectivity index (χ1n) is 15.1. The van der Waals surface area contributed by atoms with Crippen LogP contribution in [0.1, 0.15) is 0 Å². The van der Waals surface area contributed by atoms with Gasteiger partial charge in [-0.3, -0.25) is 0 Å². The van der Waals surface area contributed by atoms with E-state index < -0.39 is 0 Å². The van der Waals surface area contributed by atoms with Gasteiger partial charge in [0.1, 0.15) is 5.69 Å². The lowest BCUT2D eigenvalue weighted by molar-refractivity contribution is 1.15. The summed E-state index contributed by atoms with van der Waals surface area (Å²) in [7, 11) is 0. The summed E-state index contributed by atoms with van der Waals surface area (Å²) in [6.07, 6.45) is 3.46. The van der Waals surface area contributed by atoms with E-state index in [0.717, 1.165) is 72.3 Å². The highest BCUT2D eigenvalue weighted by atomic mass is 14.9. The molecule has 46 heavy (non-hydrogen) atoms. The fraction of sp³-hybridized carbons (Fsp3) is 0. The van der Waals surface area contributed by atoms with Gasteiger partial charge in [0.25, 0.3) is 0 Å². The molecular formula is C40H24N6. The summed E-state index contributed by atoms with van der Waals surface area (Å²) in [5, 5.41) is 4.41. The van der Waals surface area contributed by atoms with Crippen molar-refractivity contribution in [3.05, 3.63) is 146 Å². The molecule has 6 heteroatoms. The Morgan fingerprint density at radius 3 is 1.59 bits per heavy atom. The van der Waals surface area contributed by atoms with Gasteiger partial charge in [-0.25, -0.2) is 29.9 Å². The normalized spacial score (nSPS) is 11.5. The Bertz CT molecular complexity index is 2580. The van der Waals surface area contributed by atoms with Gasteiger partial charge in [0.15, 0.2) is 5.82 Å². The second kappa shape index (κ2) is 10.6. The first-order valence-corrected chi connectivity index (χ1v) is 15.1. The van der Waals surface area contributed by atoms with E-state index in [1.807, 2.05) is 36.4 Å². The van der Waals surface area contributed by atoms with Crippen LogP contribution in [0.25, 0.3) is 88.9 Å². The highest BCUT2D eigenvalue weighted by Crippen LogP contribution is 2.34. The summed E-state index contributed by atoms with van der Waals surface area (Å²) in [6.45, 7) is 0. The zero-order valence-corrected chi connectivity index (χ0v) is 24.5. The molecule has 0 radical (unpaired) electrons. The highest BCUT2D eigenvalue weighted by molar-refractivity contribution is 6.04. The largest absolute Gasteiger partial charge is 0.245 e. The predicted octanol–water partition coefficient (Wildman–Crippen LogP) is 9.34. The molecule has 0 unspecified atom stereocenters. The maximum Gasteiger partial charge on any atom is 0.178 e. The molecule has 5 aromatic carbocycles. The summed E-state index contributed by atoms with van der Waals surface area (Å²) >= 11 is 0. The molecule has 4 heterocycles. The number of nitrogens with zero attached hydrogens (tertiary/aromatic N) is 6. The summed E-state index contributed by atoms with van der Waals surface area (Å²) in [4.78, 5) is 29.1. The van der Waals surface area contributed by atoms with E-state index in [1.165, 1.54) is 10.8 Å². The first-order chi connectivity index (χ1) is 22.8. The Hall–Kier alpha value is -6.40. The van der Waals surface area contributed by atoms with Crippen LogP contribution >= 0.6 is 0 Å². The third-order valence-corrected chi connectivity index (χ3v) is 8.36. The Balaban J connectivity index is 1.15. The summed E-state index contributed by atoms with van der Waals surface area (Å²) in [5.74, 6) is 0.591. The number of para-hydroxylation sites is 2. The van der Waals surface area contributed by atoms with Crippen molar-refractivity contribution in [2.45, 2.75) is 0 Å². The van der Waals surface area contributed by atoms with Gasteiger partial charge in [-0.1, -0.05) is 97.1 Å². The van der Waals surface area contributed by atoms with Crippen molar-refractivity contribution in [3.63, 3.8) is 0 Å². The van der Waals surface area contributed by atoms with E-state index in [-0.39, 0.29) is 0 Å². The number of pyridine rings is 2. The van der Waals surface area contributed by atoms with Crippen LogP contribution in [0.4, 0.5) is 0 Å². The third kappa shape index (κ3) is 4.52. The fourth-order valence-corrected chi connectivity index (χ4v) is 6.02. The van der Waals surface area contributed by atoms with Crippen LogP contribution in [0.2, 0.25) is 0 Å². The maximum absolute atomic E-state index is 5.12. The van der Waals surface area contributed by atoms with Crippen LogP contribution in [0.15, 0.2) is 146 Å². The lowest BCUT2D eigenvalue weighted by Gasteiger charge is -2.12. The maximum atomic E-state index is 5.12. The number of fused-ring (bicyclic) bond motifs is 5. The van der Waals surface area contributed by atoms with Crippen molar-refractivity contribution in [3.8, 4) is 45.3 Å². The van der Waals surface area contributed by atoms with Gasteiger partial charge in [0.05, 0.1) is 39.1 Å². The molecular weight excluding hydrogens is 564 g/mol. The molecule has 6 nitrogen and oxygen atoms in total. The zero-order valence-electron chi connectivity index (χ0n) is 24.5. The molecule has 9 aromatic rings. The smallest absolute Gasteiger partial charge is 0.178 e. The minimum atomic E-state index is 0.591. The summed E-state index contributed by atoms with van der Waals surface area (Å²) in [5.41, 5.74) is 9.72. The van der Waals surface area contributed by atoms with Gasteiger partial charge < -0.3 is 0 Å². The number of benzene rings is 5. The number of rotatable bonds is 4. The Labute approximate surface area is 264 Å². The van der Waals surface area contributed by atoms with Gasteiger partial charge in [-0.2, -0.15) is 0 Å². The van der Waals surface area contributed by atoms with Gasteiger partial charge in [0.2, 0.25) is 0 Å². The lowest BCUT2D eigenvalue weighted by atomic mass is 9.99. The van der Waals surface area contributed by atoms with Crippen molar-refractivity contribution in [2.75, 3.05) is 0 Å². The fourth-order valence-electron chi connectivity index (χ4n) is 6.02. The van der Waals surface area contributed by atoms with Crippen LogP contribution in [0, 0.1) is 0 Å². The number of hydrogen-bond donors (Lipinski definition) is 0. The lowest BCUT2D eigenvalue weighted by Crippen LogP contribution is -1.96. The van der Waals surface area contributed by atoms with Gasteiger partial charge in [-0.15, -0.1) is 0 Å². The van der Waals surface area contributed by atoms with Crippen molar-refractivity contribution < 1.29 is 0 Å². The zero-order chi connectivity index (χ0) is 30.5. The average molecular weight is 589 g/mol. The van der Waals surface area contributed by atoms with Crippen molar-refractivity contribution in [1.82, 2.24) is 29.9 Å². The molecule has 214 valence electrons. The summed E-state index contributed by atoms with van der Waals surface area (Å²) in [6, 6.07) is 45.4. The molecule has 0 saturated heterocycles. The minimum absolute atomic E-state index is 0.591. The van der Waals surface area contributed by atoms with Gasteiger partial charge >= 0.3 is 0 Å². The van der Waals surface area contributed by atoms with E-state index in [0.29, 0.717) is 5.82 Å². The molecule has 0 saturated carbocycles. The Morgan fingerprint density at radius 1 is 0.348 bits per heavy atom. The SMILES string of the molecule is c1cnc(-c2ccc3ccc4ccc(-c5ccc(-c6nc7ccccc7nc6-c6ccc7ccccc7c6)cc5)nc4c3n2)nc1. The number of hydrogen-bond acceptors (Lipinski definition) is 6. The predicted molar refractivity (Wildman–Crippen MR) is 185 cm³/mol. The molecule has 0 bridgehead atoms. The van der Waals surface area contributed by atoms with E-state index >= 15 is 0 Å². The first kappa shape index (κ1) is 26.0. The van der Waals surface area contributed by atoms with Gasteiger partial charge in [-0.05, 0) is 47.2 Å². The van der Waals surface area contributed by atoms with Crippen LogP contribution < -0.4 is 0 Å². The van der Waals surface area contributed by atoms with E-state index in [1.54, 1.807) is 18.5 Å². The molecule has 0 aliphatic rings. The molecule has 0 N–H and O–H groups in total. The molecule has 0 aliphatic carbocycles. The van der Waals surface area contributed by atoms with Crippen molar-refractivity contribution >= 4 is 43.6 Å². The second-order valence-corrected chi connectivity index (χ2v) is 11.2. The van der Waals surface area contributed by atoms with E-state index in [9.17, 15) is 0 Å². The van der Waals surface area contributed by atoms with Crippen molar-refractivity contribution in [1.29, 1.82) is 0 Å². The molecule has 0 aliphatic heterocycles. The molecule has 9 rings (SSSR count). The quantitative estimate of drug-likeness (QED) is 0.191. The van der Waals surface area contributed by atoms with Crippen LogP contribution in [0.3, 0.4) is 0 Å². The minimum Gasteiger partial charge on any atom is -0.245 e. The third-order valence-electron chi connectivity index (χ3n) is 8.36. The molecule has 4 aromatic heterocycles. The molecule has 0 spiro atoms. The van der Waals surface area contributed by atoms with Crippen LogP contribution in [0.5, 0.6) is 0 Å². The molecule has 0 fully saturated rings. The standard InChI is InChI=1S/C40H24N6/c1-2-7-30-24-31(17-10-25(30)6-1)39-38(44-33-8-3-4-9-34(33)45-39)27-13-11-26(12-14-27)32-20-18-28-15-16-29-19-21-35(40-41-22-5-23-42-40)46-37(29)36(28)43-32/h1-24H. The summed E-state index contributed by atoms with van der Waals surface area (Å²) < 4.78 is 0. The number of aromatic nitrogens is 6. The van der Waals surface area contributed by atoms with E-state index in [2.05, 4.69) is 101 Å². The van der Waals surface area contributed by atoms with Gasteiger partial charge in [0, 0.05) is 39.9 Å². The van der Waals surface area contributed by atoms with E-state index in [4.69, 9.17) is 19.9 Å². The highest BCUT2D eigenvalue weighted by Gasteiger charge is 2.15. The topological polar surface area (TPSA) is 77.3 Å². The Morgan fingerprint density at radius 2 is 0.870 bits per heavy atom.